The maximum absolute atomic E-state index is 12.4. The largest absolute Gasteiger partial charge is 0.390 e. The quantitative estimate of drug-likeness (QED) is 0.505. The van der Waals surface area contributed by atoms with E-state index < -0.39 is 36.5 Å². The second kappa shape index (κ2) is 9.62. The van der Waals surface area contributed by atoms with Crippen LogP contribution in [0.2, 0.25) is 0 Å². The van der Waals surface area contributed by atoms with E-state index >= 15 is 0 Å². The fourth-order valence-electron chi connectivity index (χ4n) is 3.06. The smallest absolute Gasteiger partial charge is 0.224 e. The van der Waals surface area contributed by atoms with E-state index in [0.717, 1.165) is 0 Å². The van der Waals surface area contributed by atoms with Crippen LogP contribution in [-0.2, 0) is 14.3 Å². The van der Waals surface area contributed by atoms with Crippen molar-refractivity contribution in [2.45, 2.75) is 91.0 Å². The number of hydrogen-bond acceptors (Lipinski definition) is 6. The van der Waals surface area contributed by atoms with E-state index in [2.05, 4.69) is 10.6 Å². The molecule has 1 fully saturated rings. The van der Waals surface area contributed by atoms with Gasteiger partial charge in [-0.05, 0) is 6.42 Å². The van der Waals surface area contributed by atoms with E-state index in [1.807, 2.05) is 34.6 Å². The highest BCUT2D eigenvalue weighted by Gasteiger charge is 2.42. The molecular weight excluding hydrogens is 324 g/mol. The number of Topliss-reactive ketones (excluding diaryl/α,β-unsaturated/α-hetero) is 1. The zero-order valence-corrected chi connectivity index (χ0v) is 16.2. The Bertz CT molecular complexity index is 453. The van der Waals surface area contributed by atoms with Gasteiger partial charge in [-0.3, -0.25) is 9.59 Å². The van der Waals surface area contributed by atoms with Crippen molar-refractivity contribution in [3.05, 3.63) is 0 Å². The molecule has 1 saturated heterocycles. The molecule has 0 bridgehead atoms. The standard InChI is InChI=1S/C18H34N2O5/c1-7-13-17(24)16(23)11(6)18(25-13)20-14(21)8-12(19-10(4)5)15(22)9(2)3/h9-13,16-19,23-24H,7-8H2,1-6H3,(H,20,21)/t11?,12-,13?,16?,17?,18?/m0/s1. The van der Waals surface area contributed by atoms with E-state index in [1.54, 1.807) is 6.92 Å². The average Bonchev–Trinajstić information content (AvgIpc) is 2.53. The maximum Gasteiger partial charge on any atom is 0.224 e. The Morgan fingerprint density at radius 2 is 1.72 bits per heavy atom. The summed E-state index contributed by atoms with van der Waals surface area (Å²) in [5.74, 6) is -0.944. The van der Waals surface area contributed by atoms with E-state index in [0.29, 0.717) is 6.42 Å². The van der Waals surface area contributed by atoms with Gasteiger partial charge in [-0.25, -0.2) is 0 Å². The van der Waals surface area contributed by atoms with Gasteiger partial charge in [-0.1, -0.05) is 41.5 Å². The predicted octanol–water partition coefficient (Wildman–Crippen LogP) is 0.577. The molecule has 4 N–H and O–H groups in total. The Morgan fingerprint density at radius 1 is 1.12 bits per heavy atom. The number of ether oxygens (including phenoxy) is 1. The Morgan fingerprint density at radius 3 is 2.20 bits per heavy atom. The Balaban J connectivity index is 2.73. The minimum Gasteiger partial charge on any atom is -0.390 e. The molecule has 0 aliphatic carbocycles. The molecule has 0 aromatic heterocycles. The summed E-state index contributed by atoms with van der Waals surface area (Å²) < 4.78 is 5.72. The normalized spacial score (nSPS) is 31.2. The highest BCUT2D eigenvalue weighted by Crippen LogP contribution is 2.26. The number of aliphatic hydroxyl groups excluding tert-OH is 2. The molecule has 7 heteroatoms. The van der Waals surface area contributed by atoms with Crippen LogP contribution in [0.4, 0.5) is 0 Å². The molecule has 1 heterocycles. The minimum atomic E-state index is -0.967. The van der Waals surface area contributed by atoms with E-state index in [1.165, 1.54) is 0 Å². The third kappa shape index (κ3) is 6.02. The van der Waals surface area contributed by atoms with Crippen molar-refractivity contribution >= 4 is 11.7 Å². The first-order valence-electron chi connectivity index (χ1n) is 9.19. The van der Waals surface area contributed by atoms with Crippen LogP contribution in [0.25, 0.3) is 0 Å². The van der Waals surface area contributed by atoms with Crippen molar-refractivity contribution in [1.82, 2.24) is 10.6 Å². The van der Waals surface area contributed by atoms with Gasteiger partial charge < -0.3 is 25.6 Å². The van der Waals surface area contributed by atoms with Crippen LogP contribution in [0, 0.1) is 11.8 Å². The van der Waals surface area contributed by atoms with Gasteiger partial charge in [0, 0.05) is 24.3 Å². The molecule has 0 aromatic carbocycles. The Kier molecular flexibility index (Phi) is 8.47. The second-order valence-electron chi connectivity index (χ2n) is 7.55. The SMILES string of the molecule is CCC1OC(NC(=O)C[C@H](NC(C)C)C(=O)C(C)C)C(C)C(O)C1O. The molecule has 1 rings (SSSR count). The number of ketones is 1. The molecule has 5 unspecified atom stereocenters. The number of carbonyl (C=O) groups is 2. The van der Waals surface area contributed by atoms with Crippen molar-refractivity contribution in [2.24, 2.45) is 11.8 Å². The van der Waals surface area contributed by atoms with Crippen LogP contribution in [0.3, 0.4) is 0 Å². The number of amides is 1. The summed E-state index contributed by atoms with van der Waals surface area (Å²) in [7, 11) is 0. The van der Waals surface area contributed by atoms with E-state index in [9.17, 15) is 19.8 Å². The summed E-state index contributed by atoms with van der Waals surface area (Å²) >= 11 is 0. The van der Waals surface area contributed by atoms with Gasteiger partial charge in [0.15, 0.2) is 5.78 Å². The monoisotopic (exact) mass is 358 g/mol. The molecule has 0 saturated carbocycles. The Labute approximate surface area is 150 Å². The van der Waals surface area contributed by atoms with Gasteiger partial charge in [0.25, 0.3) is 0 Å². The lowest BCUT2D eigenvalue weighted by atomic mass is 9.90. The maximum atomic E-state index is 12.4. The molecule has 146 valence electrons. The summed E-state index contributed by atoms with van der Waals surface area (Å²) in [6.45, 7) is 11.0. The van der Waals surface area contributed by atoms with Crippen molar-refractivity contribution in [3.63, 3.8) is 0 Å². The van der Waals surface area contributed by atoms with Crippen LogP contribution in [-0.4, -0.2) is 58.5 Å². The number of hydrogen-bond donors (Lipinski definition) is 4. The molecule has 7 nitrogen and oxygen atoms in total. The van der Waals surface area contributed by atoms with Gasteiger partial charge in [0.2, 0.25) is 5.91 Å². The van der Waals surface area contributed by atoms with Gasteiger partial charge in [0.05, 0.1) is 18.2 Å². The Hall–Kier alpha value is -1.02. The van der Waals surface area contributed by atoms with Gasteiger partial charge >= 0.3 is 0 Å². The first-order chi connectivity index (χ1) is 11.6. The van der Waals surface area contributed by atoms with Crippen LogP contribution in [0.15, 0.2) is 0 Å². The van der Waals surface area contributed by atoms with Gasteiger partial charge in [0.1, 0.15) is 12.3 Å². The third-order valence-electron chi connectivity index (χ3n) is 4.61. The van der Waals surface area contributed by atoms with Gasteiger partial charge in [-0.2, -0.15) is 0 Å². The highest BCUT2D eigenvalue weighted by atomic mass is 16.5. The second-order valence-corrected chi connectivity index (χ2v) is 7.55. The predicted molar refractivity (Wildman–Crippen MR) is 94.8 cm³/mol. The number of rotatable bonds is 8. The minimum absolute atomic E-state index is 0.0108. The zero-order chi connectivity index (χ0) is 19.3. The number of carbonyl (C=O) groups excluding carboxylic acids is 2. The summed E-state index contributed by atoms with van der Waals surface area (Å²) in [5.41, 5.74) is 0. The van der Waals surface area contributed by atoms with Crippen molar-refractivity contribution in [1.29, 1.82) is 0 Å². The molecule has 6 atom stereocenters. The first kappa shape index (κ1) is 22.0. The molecule has 1 aliphatic rings. The average molecular weight is 358 g/mol. The summed E-state index contributed by atoms with van der Waals surface area (Å²) in [4.78, 5) is 24.7. The lowest BCUT2D eigenvalue weighted by molar-refractivity contribution is -0.205. The number of nitrogens with one attached hydrogen (secondary N) is 2. The number of aliphatic hydroxyl groups is 2. The molecule has 0 aromatic rings. The van der Waals surface area contributed by atoms with E-state index in [-0.39, 0.29) is 30.1 Å². The summed E-state index contributed by atoms with van der Waals surface area (Å²) in [6, 6.07) is -0.483. The summed E-state index contributed by atoms with van der Waals surface area (Å²) in [6.07, 6.45) is -2.61. The molecule has 0 spiro atoms. The fraction of sp³-hybridized carbons (Fsp3) is 0.889. The molecule has 25 heavy (non-hydrogen) atoms. The first-order valence-corrected chi connectivity index (χ1v) is 9.19. The molecule has 1 amide bonds. The van der Waals surface area contributed by atoms with Crippen LogP contribution in [0.1, 0.15) is 54.4 Å². The third-order valence-corrected chi connectivity index (χ3v) is 4.61. The highest BCUT2D eigenvalue weighted by molar-refractivity contribution is 5.90. The fourth-order valence-corrected chi connectivity index (χ4v) is 3.06. The van der Waals surface area contributed by atoms with Crippen molar-refractivity contribution in [3.8, 4) is 0 Å². The lowest BCUT2D eigenvalue weighted by Crippen LogP contribution is -2.59. The van der Waals surface area contributed by atoms with Crippen molar-refractivity contribution in [2.75, 3.05) is 0 Å². The lowest BCUT2D eigenvalue weighted by Gasteiger charge is -2.41. The zero-order valence-electron chi connectivity index (χ0n) is 16.2. The molecular formula is C18H34N2O5. The topological polar surface area (TPSA) is 108 Å². The van der Waals surface area contributed by atoms with Crippen molar-refractivity contribution < 1.29 is 24.5 Å². The van der Waals surface area contributed by atoms with Crippen LogP contribution in [0.5, 0.6) is 0 Å². The van der Waals surface area contributed by atoms with Gasteiger partial charge in [-0.15, -0.1) is 0 Å². The summed E-state index contributed by atoms with van der Waals surface area (Å²) in [5, 5.41) is 26.0. The molecule has 1 aliphatic heterocycles. The van der Waals surface area contributed by atoms with Crippen LogP contribution >= 0.6 is 0 Å². The van der Waals surface area contributed by atoms with Crippen LogP contribution < -0.4 is 10.6 Å². The molecule has 0 radical (unpaired) electrons. The van der Waals surface area contributed by atoms with E-state index in [4.69, 9.17) is 4.74 Å².